The summed E-state index contributed by atoms with van der Waals surface area (Å²) in [6, 6.07) is 4.51. The highest BCUT2D eigenvalue weighted by atomic mass is 32.2. The van der Waals surface area contributed by atoms with Crippen LogP contribution in [0.3, 0.4) is 0 Å². The summed E-state index contributed by atoms with van der Waals surface area (Å²) in [7, 11) is 0. The maximum Gasteiger partial charge on any atom is 0.333 e. The summed E-state index contributed by atoms with van der Waals surface area (Å²) in [6.07, 6.45) is 8.68. The fraction of sp³-hybridized carbons (Fsp3) is 0.562. The van der Waals surface area contributed by atoms with Crippen molar-refractivity contribution in [2.45, 2.75) is 69.8 Å². The highest BCUT2D eigenvalue weighted by molar-refractivity contribution is 8.20. The van der Waals surface area contributed by atoms with Crippen LogP contribution in [-0.4, -0.2) is 92.0 Å². The van der Waals surface area contributed by atoms with E-state index in [-0.39, 0.29) is 49.1 Å². The van der Waals surface area contributed by atoms with E-state index in [2.05, 4.69) is 25.3 Å². The SMILES string of the molecule is C=C(C)C(=O)OCC12C=CC(O1)C(C#N)(SCC(=O)OCCCCCCOC(=O)CSC1(C#N)SC3(COC(=O)C(=C)C)C=CC1O3)S2. The second kappa shape index (κ2) is 16.2. The van der Waals surface area contributed by atoms with E-state index in [1.165, 1.54) is 23.5 Å². The molecule has 16 heteroatoms. The number of hydrogen-bond donors (Lipinski definition) is 0. The van der Waals surface area contributed by atoms with Gasteiger partial charge in [0.05, 0.1) is 36.9 Å². The number of nitrogens with zero attached hydrogens (tertiary/aromatic N) is 2. The van der Waals surface area contributed by atoms with E-state index in [9.17, 15) is 29.7 Å². The lowest BCUT2D eigenvalue weighted by molar-refractivity contribution is -0.143. The van der Waals surface area contributed by atoms with E-state index in [0.29, 0.717) is 12.8 Å². The number of rotatable bonds is 19. The molecule has 258 valence electrons. The van der Waals surface area contributed by atoms with Crippen LogP contribution in [0.1, 0.15) is 39.5 Å². The molecule has 0 spiro atoms. The summed E-state index contributed by atoms with van der Waals surface area (Å²) in [4.78, 5) is 46.4. The van der Waals surface area contributed by atoms with Gasteiger partial charge in [-0.1, -0.05) is 48.8 Å². The smallest absolute Gasteiger partial charge is 0.333 e. The van der Waals surface area contributed by atoms with E-state index in [1.807, 2.05) is 0 Å². The van der Waals surface area contributed by atoms with E-state index >= 15 is 0 Å². The van der Waals surface area contributed by atoms with Crippen LogP contribution >= 0.6 is 47.0 Å². The zero-order chi connectivity index (χ0) is 35.0. The minimum atomic E-state index is -1.07. The highest BCUT2D eigenvalue weighted by Crippen LogP contribution is 2.60. The average molecular weight is 737 g/mol. The Labute approximate surface area is 296 Å². The Kier molecular flexibility index (Phi) is 12.8. The molecule has 0 aromatic carbocycles. The largest absolute Gasteiger partial charge is 0.465 e. The molecule has 0 N–H and O–H groups in total. The Hall–Kier alpha value is -2.86. The number of esters is 4. The third-order valence-corrected chi connectivity index (χ3v) is 13.4. The van der Waals surface area contributed by atoms with Crippen LogP contribution < -0.4 is 0 Å². The van der Waals surface area contributed by atoms with Crippen LogP contribution in [0.25, 0.3) is 0 Å². The standard InChI is InChI=1S/C32H36N2O10S4/c1-21(2)27(37)41-19-29-11-9-23(43-29)31(17-33,47-29)45-15-25(35)39-13-7-5-6-8-14-40-26(36)16-46-32(18-34)24-10-12-30(44-24,48-32)20-42-28(38)22(3)4/h9-12,23-24H,1,3,5-8,13-16,19-20H2,2,4H3. The fourth-order valence-corrected chi connectivity index (χ4v) is 10.5. The minimum Gasteiger partial charge on any atom is -0.465 e. The lowest BCUT2D eigenvalue weighted by Crippen LogP contribution is -2.32. The highest BCUT2D eigenvalue weighted by Gasteiger charge is 2.61. The van der Waals surface area contributed by atoms with Crippen molar-refractivity contribution >= 4 is 70.9 Å². The molecule has 0 aromatic rings. The summed E-state index contributed by atoms with van der Waals surface area (Å²) in [5.41, 5.74) is 0.523. The van der Waals surface area contributed by atoms with E-state index in [1.54, 1.807) is 38.2 Å². The van der Waals surface area contributed by atoms with Gasteiger partial charge in [-0.05, 0) is 51.7 Å². The Morgan fingerprint density at radius 3 is 1.48 bits per heavy atom. The van der Waals surface area contributed by atoms with Crippen molar-refractivity contribution in [1.29, 1.82) is 10.5 Å². The predicted octanol–water partition coefficient (Wildman–Crippen LogP) is 4.57. The van der Waals surface area contributed by atoms with E-state index in [4.69, 9.17) is 28.4 Å². The van der Waals surface area contributed by atoms with Crippen molar-refractivity contribution in [1.82, 2.24) is 0 Å². The number of carbonyl (C=O) groups excluding carboxylic acids is 4. The molecule has 0 aromatic heterocycles. The van der Waals surface area contributed by atoms with Gasteiger partial charge >= 0.3 is 23.9 Å². The first-order valence-corrected chi connectivity index (χ1v) is 18.6. The lowest BCUT2D eigenvalue weighted by Gasteiger charge is -2.27. The molecule has 2 saturated heterocycles. The summed E-state index contributed by atoms with van der Waals surface area (Å²) >= 11 is 4.68. The second-order valence-electron chi connectivity index (χ2n) is 11.3. The van der Waals surface area contributed by atoms with Gasteiger partial charge in [-0.25, -0.2) is 9.59 Å². The maximum absolute atomic E-state index is 12.4. The van der Waals surface area contributed by atoms with Gasteiger partial charge in [-0.15, -0.1) is 23.5 Å². The van der Waals surface area contributed by atoms with Crippen molar-refractivity contribution in [2.75, 3.05) is 37.9 Å². The van der Waals surface area contributed by atoms with E-state index < -0.39 is 54.1 Å². The summed E-state index contributed by atoms with van der Waals surface area (Å²) in [5, 5.41) is 19.8. The van der Waals surface area contributed by atoms with Gasteiger partial charge in [0.15, 0.2) is 18.0 Å². The van der Waals surface area contributed by atoms with Crippen molar-refractivity contribution < 1.29 is 47.6 Å². The molecule has 4 heterocycles. The monoisotopic (exact) mass is 736 g/mol. The van der Waals surface area contributed by atoms with Crippen LogP contribution in [0.2, 0.25) is 0 Å². The van der Waals surface area contributed by atoms with Crippen LogP contribution in [0.5, 0.6) is 0 Å². The fourth-order valence-electron chi connectivity index (χ4n) is 4.82. The van der Waals surface area contributed by atoms with Gasteiger partial charge in [0.1, 0.15) is 25.4 Å². The Morgan fingerprint density at radius 2 is 1.12 bits per heavy atom. The Morgan fingerprint density at radius 1 is 0.729 bits per heavy atom. The van der Waals surface area contributed by atoms with Crippen molar-refractivity contribution in [3.8, 4) is 12.1 Å². The Bertz CT molecular complexity index is 1360. The molecule has 4 aliphatic heterocycles. The first kappa shape index (κ1) is 38.0. The molecule has 0 saturated carbocycles. The number of carbonyl (C=O) groups is 4. The quantitative estimate of drug-likeness (QED) is 0.0593. The molecule has 4 bridgehead atoms. The minimum absolute atomic E-state index is 0.0396. The van der Waals surface area contributed by atoms with Crippen molar-refractivity contribution in [3.63, 3.8) is 0 Å². The van der Waals surface area contributed by atoms with Crippen LogP contribution in [-0.2, 0) is 47.6 Å². The van der Waals surface area contributed by atoms with E-state index in [0.717, 1.165) is 36.4 Å². The first-order valence-electron chi connectivity index (χ1n) is 15.0. The third-order valence-electron chi connectivity index (χ3n) is 7.29. The number of fused-ring (bicyclic) bond motifs is 4. The van der Waals surface area contributed by atoms with Gasteiger partial charge in [-0.3, -0.25) is 9.59 Å². The average Bonchev–Trinajstić information content (AvgIpc) is 3.84. The molecule has 2 fully saturated rings. The molecule has 6 unspecified atom stereocenters. The molecular weight excluding hydrogens is 701 g/mol. The number of unbranched alkanes of at least 4 members (excludes halogenated alkanes) is 3. The summed E-state index contributed by atoms with van der Waals surface area (Å²) in [5.74, 6) is -2.06. The van der Waals surface area contributed by atoms with Gasteiger partial charge in [0.25, 0.3) is 0 Å². The predicted molar refractivity (Wildman–Crippen MR) is 182 cm³/mol. The molecule has 0 aliphatic carbocycles. The zero-order valence-corrected chi connectivity index (χ0v) is 29.8. The molecule has 6 atom stereocenters. The summed E-state index contributed by atoms with van der Waals surface area (Å²) in [6.45, 7) is 10.5. The third kappa shape index (κ3) is 9.02. The summed E-state index contributed by atoms with van der Waals surface area (Å²) < 4.78 is 30.9. The van der Waals surface area contributed by atoms with Crippen LogP contribution in [0, 0.1) is 22.7 Å². The molecule has 48 heavy (non-hydrogen) atoms. The van der Waals surface area contributed by atoms with Crippen molar-refractivity contribution in [2.24, 2.45) is 0 Å². The van der Waals surface area contributed by atoms with Crippen LogP contribution in [0.4, 0.5) is 0 Å². The normalized spacial score (nSPS) is 30.3. The van der Waals surface area contributed by atoms with Gasteiger partial charge in [0.2, 0.25) is 0 Å². The molecule has 0 radical (unpaired) electrons. The molecule has 4 aliphatic rings. The maximum atomic E-state index is 12.4. The van der Waals surface area contributed by atoms with Gasteiger partial charge in [-0.2, -0.15) is 10.5 Å². The van der Waals surface area contributed by atoms with Crippen LogP contribution in [0.15, 0.2) is 48.6 Å². The molecule has 0 amide bonds. The van der Waals surface area contributed by atoms with Gasteiger partial charge in [0, 0.05) is 11.1 Å². The second-order valence-corrected chi connectivity index (χ2v) is 17.4. The molecule has 4 rings (SSSR count). The number of thioether (sulfide) groups is 4. The first-order chi connectivity index (χ1) is 22.8. The molecule has 12 nitrogen and oxygen atoms in total. The van der Waals surface area contributed by atoms with Crippen molar-refractivity contribution in [3.05, 3.63) is 48.6 Å². The lowest BCUT2D eigenvalue weighted by atomic mass is 10.2. The zero-order valence-electron chi connectivity index (χ0n) is 26.6. The van der Waals surface area contributed by atoms with Gasteiger partial charge < -0.3 is 28.4 Å². The molecular formula is C32H36N2O10S4. The Balaban J connectivity index is 1.05. The number of hydrogen-bond acceptors (Lipinski definition) is 16. The number of ether oxygens (including phenoxy) is 6. The number of nitriles is 2. The topological polar surface area (TPSA) is 171 Å².